The highest BCUT2D eigenvalue weighted by molar-refractivity contribution is 7.53. The van der Waals surface area contributed by atoms with E-state index in [0.717, 1.165) is 13.8 Å². The van der Waals surface area contributed by atoms with Gasteiger partial charge in [-0.25, -0.2) is 0 Å². The van der Waals surface area contributed by atoms with E-state index in [-0.39, 0.29) is 25.8 Å². The van der Waals surface area contributed by atoms with Gasteiger partial charge in [0.25, 0.3) is 0 Å². The van der Waals surface area contributed by atoms with Gasteiger partial charge >= 0.3 is 25.5 Å². The molecule has 1 aliphatic heterocycles. The first kappa shape index (κ1) is 25.5. The first-order valence-electron chi connectivity index (χ1n) is 9.30. The number of hydrogen-bond donors (Lipinski definition) is 2. The normalized spacial score (nSPS) is 27.3. The average Bonchev–Trinajstić information content (AvgIpc) is 2.58. The van der Waals surface area contributed by atoms with E-state index < -0.39 is 62.4 Å². The zero-order chi connectivity index (χ0) is 22.2. The molecule has 1 aliphatic rings. The summed E-state index contributed by atoms with van der Waals surface area (Å²) in [6.07, 6.45) is -5.91. The fourth-order valence-corrected chi connectivity index (χ4v) is 4.90. The minimum absolute atomic E-state index is 0.00313. The summed E-state index contributed by atoms with van der Waals surface area (Å²) in [5.74, 6) is -3.69. The van der Waals surface area contributed by atoms with Gasteiger partial charge in [-0.05, 0) is 20.3 Å². The molecule has 0 aromatic carbocycles. The summed E-state index contributed by atoms with van der Waals surface area (Å²) in [6.45, 7) is 5.80. The van der Waals surface area contributed by atoms with Crippen LogP contribution in [-0.2, 0) is 42.2 Å². The fourth-order valence-electron chi connectivity index (χ4n) is 3.21. The molecular weight excluding hydrogens is 411 g/mol. The molecule has 0 radical (unpaired) electrons. The van der Waals surface area contributed by atoms with Crippen LogP contribution < -0.4 is 0 Å². The van der Waals surface area contributed by atoms with Crippen molar-refractivity contribution in [3.63, 3.8) is 0 Å². The molecule has 2 N–H and O–H groups in total. The number of carbonyl (C=O) groups excluding carboxylic acids is 2. The number of aliphatic carboxylic acids is 1. The van der Waals surface area contributed by atoms with Crippen molar-refractivity contribution in [3.8, 4) is 0 Å². The smallest absolute Gasteiger partial charge is 0.330 e. The Morgan fingerprint density at radius 2 is 1.52 bits per heavy atom. The molecule has 12 heteroatoms. The fraction of sp³-hybridized carbons (Fsp3) is 0.824. The highest BCUT2D eigenvalue weighted by Crippen LogP contribution is 2.49. The lowest BCUT2D eigenvalue weighted by Crippen LogP contribution is -2.57. The third-order valence-electron chi connectivity index (χ3n) is 4.17. The lowest BCUT2D eigenvalue weighted by atomic mass is 9.84. The highest BCUT2D eigenvalue weighted by atomic mass is 31.2. The summed E-state index contributed by atoms with van der Waals surface area (Å²) >= 11 is 0. The van der Waals surface area contributed by atoms with Crippen LogP contribution in [0.1, 0.15) is 40.5 Å². The summed E-state index contributed by atoms with van der Waals surface area (Å²) in [4.78, 5) is 34.3. The molecule has 0 amide bonds. The minimum Gasteiger partial charge on any atom is -0.481 e. The van der Waals surface area contributed by atoms with E-state index >= 15 is 0 Å². The van der Waals surface area contributed by atoms with Crippen molar-refractivity contribution in [2.45, 2.75) is 65.1 Å². The first-order chi connectivity index (χ1) is 13.5. The maximum atomic E-state index is 12.7. The average molecular weight is 440 g/mol. The van der Waals surface area contributed by atoms with Gasteiger partial charge in [0, 0.05) is 19.8 Å². The molecule has 168 valence electrons. The third-order valence-corrected chi connectivity index (χ3v) is 6.28. The summed E-state index contributed by atoms with van der Waals surface area (Å²) in [5.41, 5.74) is 0. The first-order valence-corrected chi connectivity index (χ1v) is 11.0. The van der Waals surface area contributed by atoms with Crippen LogP contribution in [0.25, 0.3) is 0 Å². The second-order valence-corrected chi connectivity index (χ2v) is 8.62. The topological polar surface area (TPSA) is 155 Å². The van der Waals surface area contributed by atoms with Crippen LogP contribution in [0.3, 0.4) is 0 Å². The van der Waals surface area contributed by atoms with E-state index in [2.05, 4.69) is 0 Å². The van der Waals surface area contributed by atoms with Crippen LogP contribution in [0.5, 0.6) is 0 Å². The summed E-state index contributed by atoms with van der Waals surface area (Å²) in [5, 5.41) is 19.6. The van der Waals surface area contributed by atoms with E-state index in [4.69, 9.17) is 23.3 Å². The quantitative estimate of drug-likeness (QED) is 0.353. The lowest BCUT2D eigenvalue weighted by molar-refractivity contribution is -0.278. The lowest BCUT2D eigenvalue weighted by Gasteiger charge is -2.43. The Morgan fingerprint density at radius 3 is 1.97 bits per heavy atom. The van der Waals surface area contributed by atoms with Crippen molar-refractivity contribution in [1.82, 2.24) is 0 Å². The van der Waals surface area contributed by atoms with Gasteiger partial charge in [0.2, 0.25) is 0 Å². The van der Waals surface area contributed by atoms with Gasteiger partial charge in [0.15, 0.2) is 12.4 Å². The summed E-state index contributed by atoms with van der Waals surface area (Å²) in [6, 6.07) is 0. The zero-order valence-corrected chi connectivity index (χ0v) is 17.8. The molecule has 0 saturated carbocycles. The van der Waals surface area contributed by atoms with Gasteiger partial charge < -0.3 is 33.5 Å². The Bertz CT molecular complexity index is 613. The third kappa shape index (κ3) is 8.02. The van der Waals surface area contributed by atoms with Crippen molar-refractivity contribution in [3.05, 3.63) is 0 Å². The second kappa shape index (κ2) is 11.6. The molecule has 5 atom stereocenters. The maximum Gasteiger partial charge on any atom is 0.330 e. The van der Waals surface area contributed by atoms with E-state index in [0.29, 0.717) is 0 Å². The zero-order valence-electron chi connectivity index (χ0n) is 16.9. The number of esters is 2. The van der Waals surface area contributed by atoms with Crippen LogP contribution in [0.15, 0.2) is 0 Å². The SMILES string of the molecule is CCOP(=O)(CC[C@H]1O[C@H](O)[C@@H](OC(C)=O)[C@@H](OC(C)=O)[C@@H]1CC(=O)O)OCC. The molecule has 11 nitrogen and oxygen atoms in total. The van der Waals surface area contributed by atoms with Crippen molar-refractivity contribution in [1.29, 1.82) is 0 Å². The number of carbonyl (C=O) groups is 3. The van der Waals surface area contributed by atoms with Crippen molar-refractivity contribution >= 4 is 25.5 Å². The number of hydrogen-bond acceptors (Lipinski definition) is 10. The summed E-state index contributed by atoms with van der Waals surface area (Å²) in [7, 11) is -3.45. The molecule has 29 heavy (non-hydrogen) atoms. The molecule has 1 heterocycles. The van der Waals surface area contributed by atoms with Crippen molar-refractivity contribution < 1.29 is 52.4 Å². The number of aliphatic hydroxyl groups is 1. The van der Waals surface area contributed by atoms with Crippen molar-refractivity contribution in [2.24, 2.45) is 5.92 Å². The molecule has 0 aromatic rings. The molecule has 0 aliphatic carbocycles. The van der Waals surface area contributed by atoms with Crippen LogP contribution in [0.4, 0.5) is 0 Å². The van der Waals surface area contributed by atoms with E-state index in [1.807, 2.05) is 0 Å². The molecule has 1 saturated heterocycles. The van der Waals surface area contributed by atoms with Gasteiger partial charge in [-0.15, -0.1) is 0 Å². The minimum atomic E-state index is -3.45. The van der Waals surface area contributed by atoms with Gasteiger partial charge in [0.1, 0.15) is 6.10 Å². The Labute approximate surface area is 169 Å². The molecular formula is C17H29O11P. The Hall–Kier alpha value is -1.52. The monoisotopic (exact) mass is 440 g/mol. The van der Waals surface area contributed by atoms with E-state index in [9.17, 15) is 29.2 Å². The molecule has 1 rings (SSSR count). The van der Waals surface area contributed by atoms with Gasteiger partial charge in [0.05, 0.1) is 31.9 Å². The van der Waals surface area contributed by atoms with Gasteiger partial charge in [-0.1, -0.05) is 0 Å². The van der Waals surface area contributed by atoms with Crippen LogP contribution in [-0.4, -0.2) is 72.1 Å². The second-order valence-electron chi connectivity index (χ2n) is 6.43. The maximum absolute atomic E-state index is 12.7. The molecule has 0 bridgehead atoms. The van der Waals surface area contributed by atoms with Crippen LogP contribution in [0, 0.1) is 5.92 Å². The van der Waals surface area contributed by atoms with E-state index in [1.165, 1.54) is 0 Å². The van der Waals surface area contributed by atoms with Crippen molar-refractivity contribution in [2.75, 3.05) is 19.4 Å². The Kier molecular flexibility index (Phi) is 10.2. The van der Waals surface area contributed by atoms with Crippen LogP contribution >= 0.6 is 7.60 Å². The molecule has 0 unspecified atom stereocenters. The molecule has 0 spiro atoms. The van der Waals surface area contributed by atoms with E-state index in [1.54, 1.807) is 13.8 Å². The predicted octanol–water partition coefficient (Wildman–Crippen LogP) is 1.31. The van der Waals surface area contributed by atoms with Gasteiger partial charge in [-0.3, -0.25) is 18.9 Å². The summed E-state index contributed by atoms with van der Waals surface area (Å²) < 4.78 is 38.8. The van der Waals surface area contributed by atoms with Crippen LogP contribution in [0.2, 0.25) is 0 Å². The Balaban J connectivity index is 3.13. The number of ether oxygens (including phenoxy) is 3. The van der Waals surface area contributed by atoms with Gasteiger partial charge in [-0.2, -0.15) is 0 Å². The standard InChI is InChI=1S/C17H29O11P/c1-5-24-29(23,25-6-2)8-7-13-12(9-14(20)21)15(26-10(3)18)16(17(22)28-13)27-11(4)19/h12-13,15-17,22H,5-9H2,1-4H3,(H,20,21)/t12-,13-,15+,16+,17+/m1/s1. The number of aliphatic hydroxyl groups excluding tert-OH is 1. The predicted molar refractivity (Wildman–Crippen MR) is 98.1 cm³/mol. The largest absolute Gasteiger partial charge is 0.481 e. The molecule has 1 fully saturated rings. The number of carboxylic acids is 1. The highest BCUT2D eigenvalue weighted by Gasteiger charge is 2.50. The number of carboxylic acid groups (broad SMARTS) is 1. The number of rotatable bonds is 11. The Morgan fingerprint density at radius 1 is 1.00 bits per heavy atom. The molecule has 0 aromatic heterocycles.